The first-order valence-corrected chi connectivity index (χ1v) is 7.62. The molecule has 0 aliphatic heterocycles. The van der Waals surface area contributed by atoms with Gasteiger partial charge in [0.15, 0.2) is 0 Å². The monoisotopic (exact) mass is 410 g/mol. The maximum atomic E-state index is 9.87. The zero-order valence-corrected chi connectivity index (χ0v) is 15.2. The number of aliphatic hydroxyl groups is 2. The summed E-state index contributed by atoms with van der Waals surface area (Å²) < 4.78 is 9.75. The minimum atomic E-state index is -1.27. The number of rotatable bonds is 13. The van der Waals surface area contributed by atoms with Crippen LogP contribution in [0.4, 0.5) is 0 Å². The third-order valence-corrected chi connectivity index (χ3v) is 2.18. The zero-order chi connectivity index (χ0) is 22.5. The number of ether oxygens (including phenoxy) is 2. The van der Waals surface area contributed by atoms with Gasteiger partial charge in [-0.25, -0.2) is 9.59 Å². The van der Waals surface area contributed by atoms with Crippen molar-refractivity contribution in [1.29, 1.82) is 0 Å². The smallest absolute Gasteiger partial charge is 0.331 e. The highest BCUT2D eigenvalue weighted by Gasteiger charge is 2.07. The molecule has 0 radical (unpaired) electrons. The fourth-order valence-electron chi connectivity index (χ4n) is 0.967. The summed E-state index contributed by atoms with van der Waals surface area (Å²) in [7, 11) is 0. The highest BCUT2D eigenvalue weighted by Crippen LogP contribution is 1.96. The number of aliphatic carboxylic acids is 4. The molecule has 0 bridgehead atoms. The second-order valence-corrected chi connectivity index (χ2v) is 4.63. The average Bonchev–Trinajstić information content (AvgIpc) is 2.58. The lowest BCUT2D eigenvalue weighted by Crippen LogP contribution is -2.09. The number of hydrogen-bond donors (Lipinski definition) is 6. The van der Waals surface area contributed by atoms with Gasteiger partial charge in [-0.05, 0) is 0 Å². The van der Waals surface area contributed by atoms with Crippen molar-refractivity contribution in [2.24, 2.45) is 0 Å². The predicted molar refractivity (Wildman–Crippen MR) is 93.9 cm³/mol. The number of carboxylic acids is 4. The van der Waals surface area contributed by atoms with E-state index in [0.29, 0.717) is 26.4 Å². The Balaban J connectivity index is -0.000000336. The maximum Gasteiger partial charge on any atom is 0.331 e. The molecule has 0 aliphatic rings. The van der Waals surface area contributed by atoms with Crippen LogP contribution in [-0.4, -0.2) is 94.2 Å². The fraction of sp³-hybridized carbons (Fsp3) is 0.500. The van der Waals surface area contributed by atoms with Crippen molar-refractivity contribution in [3.63, 3.8) is 0 Å². The van der Waals surface area contributed by atoms with Gasteiger partial charge in [0.2, 0.25) is 0 Å². The molecule has 0 heterocycles. The maximum absolute atomic E-state index is 9.87. The molecule has 162 valence electrons. The van der Waals surface area contributed by atoms with Crippen LogP contribution in [-0.2, 0) is 28.7 Å². The van der Waals surface area contributed by atoms with Crippen LogP contribution in [0.15, 0.2) is 24.3 Å². The molecule has 12 heteroatoms. The van der Waals surface area contributed by atoms with Crippen LogP contribution in [0.25, 0.3) is 0 Å². The molecule has 28 heavy (non-hydrogen) atoms. The molecule has 0 fully saturated rings. The summed E-state index contributed by atoms with van der Waals surface area (Å²) in [5, 5.41) is 48.7. The van der Waals surface area contributed by atoms with Crippen molar-refractivity contribution < 1.29 is 59.3 Å². The van der Waals surface area contributed by atoms with E-state index in [4.69, 9.17) is 40.1 Å². The van der Waals surface area contributed by atoms with Gasteiger partial charge in [-0.15, -0.1) is 0 Å². The van der Waals surface area contributed by atoms with E-state index >= 15 is 0 Å². The van der Waals surface area contributed by atoms with E-state index in [1.165, 1.54) is 0 Å². The van der Waals surface area contributed by atoms with Crippen molar-refractivity contribution in [1.82, 2.24) is 0 Å². The Morgan fingerprint density at radius 3 is 1.04 bits per heavy atom. The van der Waals surface area contributed by atoms with Crippen LogP contribution in [0.2, 0.25) is 0 Å². The average molecular weight is 410 g/mol. The Hall–Kier alpha value is -2.80. The van der Waals surface area contributed by atoms with Gasteiger partial charge in [0, 0.05) is 11.1 Å². The van der Waals surface area contributed by atoms with Gasteiger partial charge in [-0.1, -0.05) is 13.2 Å². The third-order valence-electron chi connectivity index (χ3n) is 2.18. The molecular weight excluding hydrogens is 384 g/mol. The molecule has 0 aromatic carbocycles. The van der Waals surface area contributed by atoms with E-state index in [1.807, 2.05) is 0 Å². The molecule has 0 saturated heterocycles. The van der Waals surface area contributed by atoms with Crippen LogP contribution in [0.1, 0.15) is 12.8 Å². The highest BCUT2D eigenvalue weighted by atomic mass is 16.5. The molecular formula is C16H26O12. The van der Waals surface area contributed by atoms with Crippen molar-refractivity contribution in [3.05, 3.63) is 24.3 Å². The molecule has 0 amide bonds. The molecule has 0 unspecified atom stereocenters. The number of carboxylic acid groups (broad SMARTS) is 4. The third kappa shape index (κ3) is 28.0. The summed E-state index contributed by atoms with van der Waals surface area (Å²) in [6.45, 7) is 7.76. The van der Waals surface area contributed by atoms with E-state index in [-0.39, 0.29) is 24.4 Å². The Morgan fingerprint density at radius 2 is 0.893 bits per heavy atom. The lowest BCUT2D eigenvalue weighted by atomic mass is 10.2. The molecule has 0 aromatic rings. The molecule has 0 aliphatic carbocycles. The lowest BCUT2D eigenvalue weighted by molar-refractivity contribution is -0.139. The van der Waals surface area contributed by atoms with Crippen LogP contribution in [0, 0.1) is 0 Å². The molecule has 0 rings (SSSR count). The largest absolute Gasteiger partial charge is 0.481 e. The van der Waals surface area contributed by atoms with Crippen molar-refractivity contribution in [3.8, 4) is 0 Å². The number of carbonyl (C=O) groups is 4. The predicted octanol–water partition coefficient (Wildman–Crippen LogP) is -0.792. The Bertz CT molecular complexity index is 466. The Morgan fingerprint density at radius 1 is 0.607 bits per heavy atom. The SMILES string of the molecule is C=C(CC(=O)O)C(=O)O.C=C(CC(=O)O)C(=O)O.OCCOCCOCCO. The van der Waals surface area contributed by atoms with Crippen LogP contribution < -0.4 is 0 Å². The van der Waals surface area contributed by atoms with E-state index in [0.717, 1.165) is 0 Å². The number of aliphatic hydroxyl groups excluding tert-OH is 2. The second kappa shape index (κ2) is 20.5. The summed E-state index contributed by atoms with van der Waals surface area (Å²) in [6.07, 6.45) is -1.01. The molecule has 0 spiro atoms. The normalized spacial score (nSPS) is 9.07. The van der Waals surface area contributed by atoms with Crippen molar-refractivity contribution >= 4 is 23.9 Å². The summed E-state index contributed by atoms with van der Waals surface area (Å²) in [6, 6.07) is 0. The Labute approximate surface area is 160 Å². The molecule has 12 nitrogen and oxygen atoms in total. The number of hydrogen-bond acceptors (Lipinski definition) is 8. The zero-order valence-electron chi connectivity index (χ0n) is 15.2. The van der Waals surface area contributed by atoms with E-state index < -0.39 is 36.7 Å². The van der Waals surface area contributed by atoms with Crippen LogP contribution in [0.3, 0.4) is 0 Å². The van der Waals surface area contributed by atoms with Gasteiger partial charge >= 0.3 is 23.9 Å². The summed E-state index contributed by atoms with van der Waals surface area (Å²) in [5.74, 6) is -4.89. The minimum absolute atomic E-state index is 0.0417. The van der Waals surface area contributed by atoms with Gasteiger partial charge in [0.05, 0.1) is 52.5 Å². The van der Waals surface area contributed by atoms with Gasteiger partial charge in [0.25, 0.3) is 0 Å². The Kier molecular flexibility index (Phi) is 21.9. The molecule has 0 saturated carbocycles. The fourth-order valence-corrected chi connectivity index (χ4v) is 0.967. The van der Waals surface area contributed by atoms with Gasteiger partial charge in [-0.3, -0.25) is 9.59 Å². The first kappa shape index (κ1) is 29.9. The first-order valence-electron chi connectivity index (χ1n) is 7.62. The summed E-state index contributed by atoms with van der Waals surface area (Å²) in [5.41, 5.74) is -0.606. The van der Waals surface area contributed by atoms with E-state index in [2.05, 4.69) is 13.2 Å². The van der Waals surface area contributed by atoms with E-state index in [1.54, 1.807) is 0 Å². The second-order valence-electron chi connectivity index (χ2n) is 4.63. The quantitative estimate of drug-likeness (QED) is 0.163. The van der Waals surface area contributed by atoms with E-state index in [9.17, 15) is 19.2 Å². The summed E-state index contributed by atoms with van der Waals surface area (Å²) >= 11 is 0. The first-order chi connectivity index (χ1) is 13.0. The summed E-state index contributed by atoms with van der Waals surface area (Å²) in [4.78, 5) is 39.3. The lowest BCUT2D eigenvalue weighted by Gasteiger charge is -2.01. The van der Waals surface area contributed by atoms with Gasteiger partial charge in [-0.2, -0.15) is 0 Å². The van der Waals surface area contributed by atoms with Gasteiger partial charge < -0.3 is 40.1 Å². The van der Waals surface area contributed by atoms with Crippen molar-refractivity contribution in [2.45, 2.75) is 12.8 Å². The minimum Gasteiger partial charge on any atom is -0.481 e. The van der Waals surface area contributed by atoms with Gasteiger partial charge in [0.1, 0.15) is 0 Å². The van der Waals surface area contributed by atoms with Crippen molar-refractivity contribution in [2.75, 3.05) is 39.6 Å². The highest BCUT2D eigenvalue weighted by molar-refractivity contribution is 5.91. The molecule has 0 atom stereocenters. The topological polar surface area (TPSA) is 208 Å². The standard InChI is InChI=1S/C6H14O4.2C5H6O4/c7-1-3-9-5-6-10-4-2-8;2*1-3(5(8)9)2-4(6)7/h7-8H,1-6H2;2*1-2H2,(H,6,7)(H,8,9). The molecule has 6 N–H and O–H groups in total. The van der Waals surface area contributed by atoms with Crippen LogP contribution in [0.5, 0.6) is 0 Å². The molecule has 0 aromatic heterocycles. The van der Waals surface area contributed by atoms with Crippen LogP contribution >= 0.6 is 0 Å².